The number of carbonyl (C=O) groups excluding carboxylic acids is 1. The highest BCUT2D eigenvalue weighted by Gasteiger charge is 2.29. The van der Waals surface area contributed by atoms with Crippen LogP contribution >= 0.6 is 24.8 Å². The Kier molecular flexibility index (Phi) is 12.6. The third kappa shape index (κ3) is 8.56. The Morgan fingerprint density at radius 3 is 2.54 bits per heavy atom. The molecule has 0 aromatic heterocycles. The first kappa shape index (κ1) is 24.9. The highest BCUT2D eigenvalue weighted by Crippen LogP contribution is 2.18. The average molecular weight is 408 g/mol. The van der Waals surface area contributed by atoms with E-state index in [0.29, 0.717) is 19.7 Å². The Balaban J connectivity index is 0.00000312. The molecule has 8 heteroatoms. The highest BCUT2D eigenvalue weighted by molar-refractivity contribution is 5.85. The molecule has 1 saturated heterocycles. The molecule has 0 radical (unpaired) electrons. The summed E-state index contributed by atoms with van der Waals surface area (Å²) in [5, 5.41) is 2.94. The van der Waals surface area contributed by atoms with Crippen LogP contribution in [0.25, 0.3) is 0 Å². The molecule has 0 unspecified atom stereocenters. The standard InChI is InChI=1S/C18H29N3O3.2ClH/c1-21(2)11-12-23-15-5-3-14(4-6-15)9-10-20-18(22)17-8-7-16(13-19)24-17;;/h3-6,16-17H,7-13,19H2,1-2H3,(H,20,22);2*1H/t16-,17+;;/m1../s1. The van der Waals surface area contributed by atoms with Crippen LogP contribution in [0.1, 0.15) is 18.4 Å². The second-order valence-electron chi connectivity index (χ2n) is 6.40. The van der Waals surface area contributed by atoms with E-state index in [1.165, 1.54) is 5.56 Å². The molecule has 1 aromatic rings. The number of rotatable bonds is 9. The van der Waals surface area contributed by atoms with E-state index in [1.54, 1.807) is 0 Å². The normalized spacial score (nSPS) is 18.8. The Bertz CT molecular complexity index is 515. The molecule has 3 N–H and O–H groups in total. The molecule has 6 nitrogen and oxygen atoms in total. The molecule has 0 aliphatic carbocycles. The van der Waals surface area contributed by atoms with Crippen LogP contribution in [0, 0.1) is 0 Å². The number of ether oxygens (including phenoxy) is 2. The van der Waals surface area contributed by atoms with Gasteiger partial charge in [-0.3, -0.25) is 4.79 Å². The predicted molar refractivity (Wildman–Crippen MR) is 109 cm³/mol. The number of hydrogen-bond acceptors (Lipinski definition) is 5. The minimum Gasteiger partial charge on any atom is -0.492 e. The summed E-state index contributed by atoms with van der Waals surface area (Å²) in [4.78, 5) is 14.1. The van der Waals surface area contributed by atoms with Gasteiger partial charge in [-0.05, 0) is 51.1 Å². The zero-order chi connectivity index (χ0) is 17.4. The lowest BCUT2D eigenvalue weighted by Gasteiger charge is -2.13. The van der Waals surface area contributed by atoms with Crippen LogP contribution in [0.4, 0.5) is 0 Å². The van der Waals surface area contributed by atoms with Crippen molar-refractivity contribution in [3.8, 4) is 5.75 Å². The summed E-state index contributed by atoms with van der Waals surface area (Å²) in [7, 11) is 4.04. The Morgan fingerprint density at radius 2 is 1.96 bits per heavy atom. The highest BCUT2D eigenvalue weighted by atomic mass is 35.5. The predicted octanol–water partition coefficient (Wildman–Crippen LogP) is 1.64. The number of nitrogens with zero attached hydrogens (tertiary/aromatic N) is 1. The van der Waals surface area contributed by atoms with Gasteiger partial charge in [0.05, 0.1) is 6.10 Å². The molecule has 0 saturated carbocycles. The maximum absolute atomic E-state index is 12.0. The van der Waals surface area contributed by atoms with E-state index < -0.39 is 0 Å². The van der Waals surface area contributed by atoms with E-state index in [4.69, 9.17) is 15.2 Å². The van der Waals surface area contributed by atoms with Crippen molar-refractivity contribution in [2.75, 3.05) is 40.3 Å². The van der Waals surface area contributed by atoms with Crippen molar-refractivity contribution in [2.45, 2.75) is 31.5 Å². The molecular formula is C18H31Cl2N3O3. The van der Waals surface area contributed by atoms with Gasteiger partial charge in [0.1, 0.15) is 18.5 Å². The number of benzene rings is 1. The first-order valence-electron chi connectivity index (χ1n) is 8.58. The Hall–Kier alpha value is -1.05. The van der Waals surface area contributed by atoms with Gasteiger partial charge in [-0.25, -0.2) is 0 Å². The van der Waals surface area contributed by atoms with E-state index in [2.05, 4.69) is 10.2 Å². The smallest absolute Gasteiger partial charge is 0.249 e. The lowest BCUT2D eigenvalue weighted by Crippen LogP contribution is -2.36. The summed E-state index contributed by atoms with van der Waals surface area (Å²) >= 11 is 0. The van der Waals surface area contributed by atoms with E-state index in [9.17, 15) is 4.79 Å². The van der Waals surface area contributed by atoms with Crippen LogP contribution in [0.2, 0.25) is 0 Å². The van der Waals surface area contributed by atoms with Crippen LogP contribution in [0.5, 0.6) is 5.75 Å². The molecule has 2 rings (SSSR count). The average Bonchev–Trinajstić information content (AvgIpc) is 3.05. The fourth-order valence-electron chi connectivity index (χ4n) is 2.61. The van der Waals surface area contributed by atoms with Crippen LogP contribution in [0.3, 0.4) is 0 Å². The maximum atomic E-state index is 12.0. The summed E-state index contributed by atoms with van der Waals surface area (Å²) in [6.07, 6.45) is 2.10. The lowest BCUT2D eigenvalue weighted by atomic mass is 10.1. The van der Waals surface area contributed by atoms with Gasteiger partial charge in [-0.1, -0.05) is 12.1 Å². The van der Waals surface area contributed by atoms with Gasteiger partial charge >= 0.3 is 0 Å². The van der Waals surface area contributed by atoms with Crippen LogP contribution in [-0.2, 0) is 16.0 Å². The second-order valence-corrected chi connectivity index (χ2v) is 6.40. The Labute approximate surface area is 168 Å². The van der Waals surface area contributed by atoms with Gasteiger partial charge in [0.15, 0.2) is 0 Å². The van der Waals surface area contributed by atoms with E-state index >= 15 is 0 Å². The van der Waals surface area contributed by atoms with Crippen molar-refractivity contribution >= 4 is 30.7 Å². The first-order chi connectivity index (χ1) is 11.6. The minimum atomic E-state index is -0.342. The lowest BCUT2D eigenvalue weighted by molar-refractivity contribution is -0.131. The molecule has 1 fully saturated rings. The summed E-state index contributed by atoms with van der Waals surface area (Å²) < 4.78 is 11.3. The van der Waals surface area contributed by atoms with Crippen molar-refractivity contribution in [1.29, 1.82) is 0 Å². The molecule has 1 aromatic carbocycles. The van der Waals surface area contributed by atoms with Gasteiger partial charge in [-0.15, -0.1) is 24.8 Å². The molecule has 26 heavy (non-hydrogen) atoms. The quantitative estimate of drug-likeness (QED) is 0.650. The largest absolute Gasteiger partial charge is 0.492 e. The molecule has 0 bridgehead atoms. The fraction of sp³-hybridized carbons (Fsp3) is 0.611. The number of likely N-dealkylation sites (N-methyl/N-ethyl adjacent to an activating group) is 1. The van der Waals surface area contributed by atoms with Gasteiger partial charge in [-0.2, -0.15) is 0 Å². The van der Waals surface area contributed by atoms with Gasteiger partial charge in [0.2, 0.25) is 5.91 Å². The van der Waals surface area contributed by atoms with Crippen molar-refractivity contribution in [3.05, 3.63) is 29.8 Å². The molecule has 1 heterocycles. The number of nitrogens with one attached hydrogen (secondary N) is 1. The zero-order valence-corrected chi connectivity index (χ0v) is 17.1. The van der Waals surface area contributed by atoms with Gasteiger partial charge in [0, 0.05) is 19.6 Å². The fourth-order valence-corrected chi connectivity index (χ4v) is 2.61. The SMILES string of the molecule is CN(C)CCOc1ccc(CCNC(=O)[C@@H]2CC[C@H](CN)O2)cc1.Cl.Cl. The topological polar surface area (TPSA) is 76.8 Å². The molecule has 1 amide bonds. The third-order valence-electron chi connectivity index (χ3n) is 4.11. The first-order valence-corrected chi connectivity index (χ1v) is 8.58. The number of nitrogens with two attached hydrogens (primary N) is 1. The van der Waals surface area contributed by atoms with Crippen molar-refractivity contribution in [1.82, 2.24) is 10.2 Å². The van der Waals surface area contributed by atoms with Crippen molar-refractivity contribution < 1.29 is 14.3 Å². The van der Waals surface area contributed by atoms with Crippen LogP contribution in [-0.4, -0.2) is 63.4 Å². The van der Waals surface area contributed by atoms with Gasteiger partial charge < -0.3 is 25.4 Å². The third-order valence-corrected chi connectivity index (χ3v) is 4.11. The number of halogens is 2. The van der Waals surface area contributed by atoms with Crippen LogP contribution in [0.15, 0.2) is 24.3 Å². The molecule has 1 aliphatic rings. The maximum Gasteiger partial charge on any atom is 0.249 e. The number of amides is 1. The van der Waals surface area contributed by atoms with Gasteiger partial charge in [0.25, 0.3) is 0 Å². The van der Waals surface area contributed by atoms with E-state index in [1.807, 2.05) is 38.4 Å². The second kappa shape index (κ2) is 13.2. The summed E-state index contributed by atoms with van der Waals surface area (Å²) in [6, 6.07) is 8.01. The monoisotopic (exact) mass is 407 g/mol. The van der Waals surface area contributed by atoms with E-state index in [0.717, 1.165) is 31.6 Å². The minimum absolute atomic E-state index is 0. The van der Waals surface area contributed by atoms with E-state index in [-0.39, 0.29) is 42.9 Å². The molecular weight excluding hydrogens is 377 g/mol. The summed E-state index contributed by atoms with van der Waals surface area (Å²) in [5.41, 5.74) is 6.73. The van der Waals surface area contributed by atoms with Crippen molar-refractivity contribution in [3.63, 3.8) is 0 Å². The summed E-state index contributed by atoms with van der Waals surface area (Å²) in [5.74, 6) is 0.839. The number of hydrogen-bond donors (Lipinski definition) is 2. The molecule has 2 atom stereocenters. The summed E-state index contributed by atoms with van der Waals surface area (Å²) in [6.45, 7) is 2.65. The number of carbonyl (C=O) groups is 1. The Morgan fingerprint density at radius 1 is 1.27 bits per heavy atom. The molecule has 0 spiro atoms. The zero-order valence-electron chi connectivity index (χ0n) is 15.5. The van der Waals surface area contributed by atoms with Crippen molar-refractivity contribution in [2.24, 2.45) is 5.73 Å². The molecule has 1 aliphatic heterocycles. The molecule has 150 valence electrons. The van der Waals surface area contributed by atoms with Crippen LogP contribution < -0.4 is 15.8 Å².